The van der Waals surface area contributed by atoms with E-state index in [9.17, 15) is 0 Å². The quantitative estimate of drug-likeness (QED) is 0.164. The fraction of sp³-hybridized carbons (Fsp3) is 0.0566. The number of pyridine rings is 1. The Kier molecular flexibility index (Phi) is 8.45. The molecule has 2 heterocycles. The van der Waals surface area contributed by atoms with E-state index in [0.29, 0.717) is 17.5 Å². The zero-order valence-corrected chi connectivity index (χ0v) is 31.8. The van der Waals surface area contributed by atoms with Gasteiger partial charge in [-0.05, 0) is 87.7 Å². The molecule has 0 saturated heterocycles. The molecule has 57 heavy (non-hydrogen) atoms. The molecule has 4 heteroatoms. The predicted octanol–water partition coefficient (Wildman–Crippen LogP) is 12.6. The zero-order valence-electron chi connectivity index (χ0n) is 31.8. The van der Waals surface area contributed by atoms with Crippen molar-refractivity contribution in [3.8, 4) is 67.4 Å². The van der Waals surface area contributed by atoms with Crippen LogP contribution in [0.25, 0.3) is 67.4 Å². The Morgan fingerprint density at radius 3 is 1.51 bits per heavy atom. The van der Waals surface area contributed by atoms with Crippen LogP contribution in [-0.4, -0.2) is 19.9 Å². The molecule has 4 nitrogen and oxygen atoms in total. The van der Waals surface area contributed by atoms with Crippen LogP contribution in [0.5, 0.6) is 0 Å². The van der Waals surface area contributed by atoms with Gasteiger partial charge in [0.25, 0.3) is 0 Å². The molecule has 0 atom stereocenters. The molecule has 0 fully saturated rings. The number of aryl methyl sites for hydroxylation is 2. The number of fused-ring (bicyclic) bond motifs is 3. The van der Waals surface area contributed by atoms with Gasteiger partial charge in [-0.3, -0.25) is 4.98 Å². The monoisotopic (exact) mass is 730 g/mol. The normalized spacial score (nSPS) is 12.5. The van der Waals surface area contributed by atoms with Crippen LogP contribution in [0.3, 0.4) is 0 Å². The lowest BCUT2D eigenvalue weighted by Gasteiger charge is -2.34. The smallest absolute Gasteiger partial charge is 0.164 e. The standard InChI is InChI=1S/C53H38N4/c1-35-31-49(54-34-46(35)38-21-9-4-10-22-38)39-32-45(52-56-36(2)55-51(57-52)43-28-16-15-27-42(43)37-19-7-3-8-20-37)50-44-29-17-18-30-47(44)53(48(50)33-39,40-23-11-5-12-24-40)41-25-13-6-14-26-41/h3-34H,1-2H3. The van der Waals surface area contributed by atoms with Gasteiger partial charge in [-0.15, -0.1) is 0 Å². The van der Waals surface area contributed by atoms with Gasteiger partial charge in [-0.1, -0.05) is 170 Å². The van der Waals surface area contributed by atoms with Crippen LogP contribution in [0.4, 0.5) is 0 Å². The Hall–Kier alpha value is -7.30. The van der Waals surface area contributed by atoms with Crippen molar-refractivity contribution in [2.24, 2.45) is 0 Å². The van der Waals surface area contributed by atoms with Crippen molar-refractivity contribution in [3.05, 3.63) is 228 Å². The molecule has 0 aliphatic heterocycles. The van der Waals surface area contributed by atoms with Crippen LogP contribution < -0.4 is 0 Å². The minimum atomic E-state index is -0.622. The van der Waals surface area contributed by atoms with Crippen LogP contribution in [0, 0.1) is 13.8 Å². The van der Waals surface area contributed by atoms with E-state index in [-0.39, 0.29) is 0 Å². The lowest BCUT2D eigenvalue weighted by molar-refractivity contribution is 0.768. The van der Waals surface area contributed by atoms with Gasteiger partial charge in [-0.2, -0.15) is 0 Å². The van der Waals surface area contributed by atoms with Crippen molar-refractivity contribution in [1.29, 1.82) is 0 Å². The molecule has 7 aromatic carbocycles. The molecule has 0 bridgehead atoms. The van der Waals surface area contributed by atoms with E-state index in [1.54, 1.807) is 0 Å². The Bertz CT molecular complexity index is 2870. The van der Waals surface area contributed by atoms with Crippen molar-refractivity contribution in [2.75, 3.05) is 0 Å². The number of hydrogen-bond donors (Lipinski definition) is 0. The molecule has 0 saturated carbocycles. The Labute approximate surface area is 333 Å². The number of nitrogens with zero attached hydrogens (tertiary/aromatic N) is 4. The number of aromatic nitrogens is 4. The fourth-order valence-electron chi connectivity index (χ4n) is 8.79. The SMILES string of the molecule is Cc1nc(-c2ccccc2-c2ccccc2)nc(-c2cc(-c3cc(C)c(-c4ccccc4)cn3)cc3c2-c2ccccc2C3(c2ccccc2)c2ccccc2)n1. The van der Waals surface area contributed by atoms with Crippen LogP contribution in [0.2, 0.25) is 0 Å². The topological polar surface area (TPSA) is 51.6 Å². The lowest BCUT2D eigenvalue weighted by Crippen LogP contribution is -2.28. The Morgan fingerprint density at radius 1 is 0.386 bits per heavy atom. The Balaban J connectivity index is 1.28. The summed E-state index contributed by atoms with van der Waals surface area (Å²) in [4.78, 5) is 20.6. The molecule has 9 aromatic rings. The molecular weight excluding hydrogens is 693 g/mol. The first-order valence-corrected chi connectivity index (χ1v) is 19.4. The van der Waals surface area contributed by atoms with Crippen molar-refractivity contribution in [1.82, 2.24) is 19.9 Å². The number of benzene rings is 7. The summed E-state index contributed by atoms with van der Waals surface area (Å²) in [5, 5.41) is 0. The summed E-state index contributed by atoms with van der Waals surface area (Å²) in [6.45, 7) is 4.13. The molecule has 0 radical (unpaired) electrons. The van der Waals surface area contributed by atoms with Gasteiger partial charge in [0.05, 0.1) is 11.1 Å². The van der Waals surface area contributed by atoms with Gasteiger partial charge >= 0.3 is 0 Å². The third kappa shape index (κ3) is 5.77. The summed E-state index contributed by atoms with van der Waals surface area (Å²) in [6.07, 6.45) is 2.01. The van der Waals surface area contributed by atoms with Gasteiger partial charge < -0.3 is 0 Å². The molecule has 0 spiro atoms. The highest BCUT2D eigenvalue weighted by Crippen LogP contribution is 2.59. The summed E-state index contributed by atoms with van der Waals surface area (Å²) in [7, 11) is 0. The van der Waals surface area contributed by atoms with Gasteiger partial charge in [0.1, 0.15) is 5.82 Å². The van der Waals surface area contributed by atoms with Crippen molar-refractivity contribution < 1.29 is 0 Å². The number of hydrogen-bond acceptors (Lipinski definition) is 4. The average molecular weight is 731 g/mol. The first-order chi connectivity index (χ1) is 28.1. The van der Waals surface area contributed by atoms with E-state index in [1.165, 1.54) is 22.3 Å². The molecule has 10 rings (SSSR count). The van der Waals surface area contributed by atoms with Crippen molar-refractivity contribution in [3.63, 3.8) is 0 Å². The van der Waals surface area contributed by atoms with E-state index in [1.807, 2.05) is 25.3 Å². The predicted molar refractivity (Wildman–Crippen MR) is 232 cm³/mol. The maximum absolute atomic E-state index is 5.37. The maximum atomic E-state index is 5.37. The second-order valence-corrected chi connectivity index (χ2v) is 14.7. The summed E-state index contributed by atoms with van der Waals surface area (Å²) < 4.78 is 0. The van der Waals surface area contributed by atoms with E-state index in [2.05, 4.69) is 183 Å². The van der Waals surface area contributed by atoms with Gasteiger partial charge in [0.2, 0.25) is 0 Å². The highest BCUT2D eigenvalue weighted by atomic mass is 15.0. The van der Waals surface area contributed by atoms with Crippen LogP contribution >= 0.6 is 0 Å². The summed E-state index contributed by atoms with van der Waals surface area (Å²) in [5.74, 6) is 1.92. The van der Waals surface area contributed by atoms with E-state index >= 15 is 0 Å². The minimum Gasteiger partial charge on any atom is -0.256 e. The third-order valence-electron chi connectivity index (χ3n) is 11.3. The first-order valence-electron chi connectivity index (χ1n) is 19.4. The van der Waals surface area contributed by atoms with Gasteiger partial charge in [-0.25, -0.2) is 15.0 Å². The molecule has 1 aliphatic rings. The van der Waals surface area contributed by atoms with E-state index < -0.39 is 5.41 Å². The largest absolute Gasteiger partial charge is 0.256 e. The second-order valence-electron chi connectivity index (χ2n) is 14.7. The molecular formula is C53H38N4. The van der Waals surface area contributed by atoms with Gasteiger partial charge in [0.15, 0.2) is 11.6 Å². The van der Waals surface area contributed by atoms with Crippen LogP contribution in [-0.2, 0) is 5.41 Å². The molecule has 0 N–H and O–H groups in total. The van der Waals surface area contributed by atoms with Crippen molar-refractivity contribution >= 4 is 0 Å². The molecule has 270 valence electrons. The first kappa shape index (κ1) is 34.2. The summed E-state index contributed by atoms with van der Waals surface area (Å²) >= 11 is 0. The molecule has 0 amide bonds. The molecule has 1 aliphatic carbocycles. The average Bonchev–Trinajstić information content (AvgIpc) is 3.58. The maximum Gasteiger partial charge on any atom is 0.164 e. The molecule has 2 aromatic heterocycles. The van der Waals surface area contributed by atoms with E-state index in [0.717, 1.165) is 61.3 Å². The lowest BCUT2D eigenvalue weighted by atomic mass is 9.67. The highest BCUT2D eigenvalue weighted by molar-refractivity contribution is 5.97. The minimum absolute atomic E-state index is 0.622. The zero-order chi connectivity index (χ0) is 38.3. The Morgan fingerprint density at radius 2 is 0.895 bits per heavy atom. The number of rotatable bonds is 7. The summed E-state index contributed by atoms with van der Waals surface area (Å²) in [5.41, 5.74) is 15.8. The third-order valence-corrected chi connectivity index (χ3v) is 11.3. The van der Waals surface area contributed by atoms with Crippen LogP contribution in [0.1, 0.15) is 33.6 Å². The highest BCUT2D eigenvalue weighted by Gasteiger charge is 2.47. The summed E-state index contributed by atoms with van der Waals surface area (Å²) in [6, 6.07) is 66.7. The van der Waals surface area contributed by atoms with Crippen LogP contribution in [0.15, 0.2) is 194 Å². The molecule has 0 unspecified atom stereocenters. The van der Waals surface area contributed by atoms with Crippen molar-refractivity contribution in [2.45, 2.75) is 19.3 Å². The van der Waals surface area contributed by atoms with Gasteiger partial charge in [0, 0.05) is 28.5 Å². The fourth-order valence-corrected chi connectivity index (χ4v) is 8.79. The van der Waals surface area contributed by atoms with E-state index in [4.69, 9.17) is 19.9 Å². The second kappa shape index (κ2) is 14.1.